The molecule has 0 aliphatic rings. The number of nitrogens with zero attached hydrogens (tertiary/aromatic N) is 1. The molecule has 1 aromatic heterocycles. The van der Waals surface area contributed by atoms with E-state index < -0.39 is 17.6 Å². The Kier molecular flexibility index (Phi) is 2.07. The Labute approximate surface area is 83.0 Å². The van der Waals surface area contributed by atoms with Crippen LogP contribution in [0, 0.1) is 11.6 Å². The number of pyridine rings is 1. The highest BCUT2D eigenvalue weighted by molar-refractivity contribution is 5.89. The lowest BCUT2D eigenvalue weighted by atomic mass is 10.2. The van der Waals surface area contributed by atoms with Crippen molar-refractivity contribution >= 4 is 16.9 Å². The highest BCUT2D eigenvalue weighted by Gasteiger charge is 2.10. The van der Waals surface area contributed by atoms with E-state index in [0.717, 1.165) is 12.1 Å². The van der Waals surface area contributed by atoms with Crippen molar-refractivity contribution in [1.82, 2.24) is 4.98 Å². The molecule has 5 heteroatoms. The van der Waals surface area contributed by atoms with Gasteiger partial charge in [0.15, 0.2) is 11.6 Å². The van der Waals surface area contributed by atoms with Crippen molar-refractivity contribution in [3.05, 3.63) is 41.6 Å². The second kappa shape index (κ2) is 3.27. The number of rotatable bonds is 1. The van der Waals surface area contributed by atoms with E-state index in [1.807, 2.05) is 0 Å². The second-order valence-electron chi connectivity index (χ2n) is 2.93. The number of carbonyl (C=O) groups is 1. The molecule has 0 aliphatic heterocycles. The molecule has 0 radical (unpaired) electrons. The van der Waals surface area contributed by atoms with Gasteiger partial charge in [-0.05, 0) is 24.3 Å². The molecule has 15 heavy (non-hydrogen) atoms. The smallest absolute Gasteiger partial charge is 0.354 e. The zero-order chi connectivity index (χ0) is 11.0. The second-order valence-corrected chi connectivity index (χ2v) is 2.93. The summed E-state index contributed by atoms with van der Waals surface area (Å²) >= 11 is 0. The fourth-order valence-electron chi connectivity index (χ4n) is 1.26. The van der Waals surface area contributed by atoms with Crippen molar-refractivity contribution in [3.63, 3.8) is 0 Å². The zero-order valence-corrected chi connectivity index (χ0v) is 7.37. The molecule has 0 atom stereocenters. The van der Waals surface area contributed by atoms with Crippen LogP contribution in [0.5, 0.6) is 0 Å². The first kappa shape index (κ1) is 9.51. The first-order valence-corrected chi connectivity index (χ1v) is 4.07. The minimum absolute atomic E-state index is 0.0278. The Morgan fingerprint density at radius 1 is 1.20 bits per heavy atom. The fraction of sp³-hybridized carbons (Fsp3) is 0. The van der Waals surface area contributed by atoms with Gasteiger partial charge in [0.25, 0.3) is 0 Å². The van der Waals surface area contributed by atoms with Crippen molar-refractivity contribution in [1.29, 1.82) is 0 Å². The van der Waals surface area contributed by atoms with Crippen LogP contribution in [0.25, 0.3) is 10.9 Å². The average Bonchev–Trinajstić information content (AvgIpc) is 2.23. The van der Waals surface area contributed by atoms with Crippen LogP contribution in [0.1, 0.15) is 10.5 Å². The fourth-order valence-corrected chi connectivity index (χ4v) is 1.26. The molecule has 2 rings (SSSR count). The highest BCUT2D eigenvalue weighted by Crippen LogP contribution is 2.18. The first-order chi connectivity index (χ1) is 7.09. The van der Waals surface area contributed by atoms with Gasteiger partial charge in [-0.15, -0.1) is 0 Å². The number of aromatic nitrogens is 1. The van der Waals surface area contributed by atoms with E-state index in [-0.39, 0.29) is 16.6 Å². The third kappa shape index (κ3) is 1.52. The number of carboxylic acids is 1. The largest absolute Gasteiger partial charge is 0.477 e. The zero-order valence-electron chi connectivity index (χ0n) is 7.37. The standard InChI is InChI=1S/C10H5F2NO2/c11-6-2-4-7-5(9(6)12)1-3-8(13-7)10(14)15/h1-4H,(H,14,15). The molecule has 1 N–H and O–H groups in total. The highest BCUT2D eigenvalue weighted by atomic mass is 19.2. The molecule has 0 bridgehead atoms. The third-order valence-electron chi connectivity index (χ3n) is 1.98. The lowest BCUT2D eigenvalue weighted by Gasteiger charge is -2.00. The van der Waals surface area contributed by atoms with Crippen LogP contribution in [0.4, 0.5) is 8.78 Å². The van der Waals surface area contributed by atoms with E-state index in [1.54, 1.807) is 0 Å². The van der Waals surface area contributed by atoms with E-state index in [1.165, 1.54) is 12.1 Å². The maximum atomic E-state index is 13.2. The van der Waals surface area contributed by atoms with Gasteiger partial charge >= 0.3 is 5.97 Å². The number of fused-ring (bicyclic) bond motifs is 1. The molecule has 0 unspecified atom stereocenters. The third-order valence-corrected chi connectivity index (χ3v) is 1.98. The molecule has 3 nitrogen and oxygen atoms in total. The molecular weight excluding hydrogens is 204 g/mol. The van der Waals surface area contributed by atoms with Crippen LogP contribution in [-0.2, 0) is 0 Å². The Morgan fingerprint density at radius 3 is 2.60 bits per heavy atom. The van der Waals surface area contributed by atoms with E-state index in [4.69, 9.17) is 5.11 Å². The summed E-state index contributed by atoms with van der Waals surface area (Å²) in [6.45, 7) is 0. The summed E-state index contributed by atoms with van der Waals surface area (Å²) < 4.78 is 26.0. The summed E-state index contributed by atoms with van der Waals surface area (Å²) in [4.78, 5) is 14.2. The van der Waals surface area contributed by atoms with E-state index in [2.05, 4.69) is 4.98 Å². The monoisotopic (exact) mass is 209 g/mol. The normalized spacial score (nSPS) is 10.5. The maximum absolute atomic E-state index is 13.2. The molecule has 0 aliphatic carbocycles. The van der Waals surface area contributed by atoms with Crippen molar-refractivity contribution in [3.8, 4) is 0 Å². The summed E-state index contributed by atoms with van der Waals surface area (Å²) in [5.74, 6) is -3.20. The van der Waals surface area contributed by atoms with Gasteiger partial charge in [-0.2, -0.15) is 0 Å². The maximum Gasteiger partial charge on any atom is 0.354 e. The number of hydrogen-bond donors (Lipinski definition) is 1. The number of aromatic carboxylic acids is 1. The molecule has 0 saturated heterocycles. The van der Waals surface area contributed by atoms with Gasteiger partial charge in [0, 0.05) is 5.39 Å². The topological polar surface area (TPSA) is 50.2 Å². The van der Waals surface area contributed by atoms with Crippen LogP contribution in [-0.4, -0.2) is 16.1 Å². The van der Waals surface area contributed by atoms with Crippen molar-refractivity contribution < 1.29 is 18.7 Å². The van der Waals surface area contributed by atoms with Gasteiger partial charge in [0.05, 0.1) is 5.52 Å². The van der Waals surface area contributed by atoms with Crippen LogP contribution in [0.2, 0.25) is 0 Å². The molecule has 0 fully saturated rings. The predicted octanol–water partition coefficient (Wildman–Crippen LogP) is 2.21. The SMILES string of the molecule is O=C(O)c1ccc2c(F)c(F)ccc2n1. The van der Waals surface area contributed by atoms with Gasteiger partial charge < -0.3 is 5.11 Å². The van der Waals surface area contributed by atoms with Crippen molar-refractivity contribution in [2.75, 3.05) is 0 Å². The Bertz CT molecular complexity index is 554. The molecule has 0 saturated carbocycles. The molecule has 76 valence electrons. The number of halogens is 2. The quantitative estimate of drug-likeness (QED) is 0.783. The summed E-state index contributed by atoms with van der Waals surface area (Å²) in [6, 6.07) is 4.48. The van der Waals surface area contributed by atoms with Gasteiger partial charge in [0.1, 0.15) is 5.69 Å². The molecule has 0 amide bonds. The first-order valence-electron chi connectivity index (χ1n) is 4.07. The van der Waals surface area contributed by atoms with Crippen molar-refractivity contribution in [2.24, 2.45) is 0 Å². The molecule has 2 aromatic rings. The molecule has 0 spiro atoms. The van der Waals surface area contributed by atoms with E-state index in [0.29, 0.717) is 0 Å². The summed E-state index contributed by atoms with van der Waals surface area (Å²) in [5, 5.41) is 8.61. The molecule has 1 heterocycles. The Morgan fingerprint density at radius 2 is 1.93 bits per heavy atom. The van der Waals surface area contributed by atoms with Gasteiger partial charge in [-0.25, -0.2) is 18.6 Å². The number of hydrogen-bond acceptors (Lipinski definition) is 2. The average molecular weight is 209 g/mol. The van der Waals surface area contributed by atoms with Crippen LogP contribution in [0.3, 0.4) is 0 Å². The molecular formula is C10H5F2NO2. The Balaban J connectivity index is 2.75. The van der Waals surface area contributed by atoms with E-state index in [9.17, 15) is 13.6 Å². The predicted molar refractivity (Wildman–Crippen MR) is 48.6 cm³/mol. The Hall–Kier alpha value is -2.04. The van der Waals surface area contributed by atoms with Crippen LogP contribution >= 0.6 is 0 Å². The summed E-state index contributed by atoms with van der Waals surface area (Å²) in [7, 11) is 0. The minimum atomic E-state index is -1.21. The van der Waals surface area contributed by atoms with Gasteiger partial charge in [-0.1, -0.05) is 0 Å². The number of benzene rings is 1. The summed E-state index contributed by atoms with van der Waals surface area (Å²) in [5.41, 5.74) is -0.0812. The minimum Gasteiger partial charge on any atom is -0.477 e. The lowest BCUT2D eigenvalue weighted by molar-refractivity contribution is 0.0691. The van der Waals surface area contributed by atoms with Crippen LogP contribution in [0.15, 0.2) is 24.3 Å². The van der Waals surface area contributed by atoms with Crippen LogP contribution < -0.4 is 0 Å². The van der Waals surface area contributed by atoms with Gasteiger partial charge in [0.2, 0.25) is 0 Å². The molecule has 1 aromatic carbocycles. The summed E-state index contributed by atoms with van der Waals surface area (Å²) in [6.07, 6.45) is 0. The number of carboxylic acid groups (broad SMARTS) is 1. The van der Waals surface area contributed by atoms with Gasteiger partial charge in [-0.3, -0.25) is 0 Å². The van der Waals surface area contributed by atoms with E-state index >= 15 is 0 Å². The van der Waals surface area contributed by atoms with Crippen molar-refractivity contribution in [2.45, 2.75) is 0 Å². The lowest BCUT2D eigenvalue weighted by Crippen LogP contribution is -2.00.